The Hall–Kier alpha value is -2.14. The van der Waals surface area contributed by atoms with Crippen molar-refractivity contribution in [3.05, 3.63) is 47.3 Å². The highest BCUT2D eigenvalue weighted by atomic mass is 32.2. The molecule has 0 saturated carbocycles. The Morgan fingerprint density at radius 3 is 2.46 bits per heavy atom. The Bertz CT molecular complexity index is 1050. The molecule has 0 bridgehead atoms. The zero-order valence-electron chi connectivity index (χ0n) is 14.9. The van der Waals surface area contributed by atoms with E-state index >= 15 is 0 Å². The average Bonchev–Trinajstić information content (AvgIpc) is 3.40. The molecular formula is C18H18N4O3S3. The molecular weight excluding hydrogens is 416 g/mol. The van der Waals surface area contributed by atoms with Gasteiger partial charge in [-0.2, -0.15) is 4.31 Å². The van der Waals surface area contributed by atoms with Gasteiger partial charge in [-0.15, -0.1) is 21.5 Å². The molecule has 10 heteroatoms. The minimum Gasteiger partial charge on any atom is -0.296 e. The van der Waals surface area contributed by atoms with Gasteiger partial charge >= 0.3 is 0 Å². The van der Waals surface area contributed by atoms with E-state index in [-0.39, 0.29) is 10.8 Å². The molecule has 3 aromatic rings. The molecule has 1 saturated heterocycles. The highest BCUT2D eigenvalue weighted by molar-refractivity contribution is 7.89. The smallest absolute Gasteiger partial charge is 0.257 e. The molecule has 0 unspecified atom stereocenters. The average molecular weight is 435 g/mol. The number of aromatic nitrogens is 2. The molecule has 28 heavy (non-hydrogen) atoms. The third-order valence-electron chi connectivity index (χ3n) is 4.45. The maximum atomic E-state index is 12.7. The number of amides is 1. The van der Waals surface area contributed by atoms with Crippen LogP contribution in [0.3, 0.4) is 0 Å². The molecule has 0 radical (unpaired) electrons. The summed E-state index contributed by atoms with van der Waals surface area (Å²) in [6.07, 6.45) is 2.83. The van der Waals surface area contributed by atoms with Crippen molar-refractivity contribution in [2.24, 2.45) is 0 Å². The zero-order chi connectivity index (χ0) is 19.6. The number of hydrogen-bond donors (Lipinski definition) is 1. The van der Waals surface area contributed by atoms with Crippen molar-refractivity contribution in [2.75, 3.05) is 18.4 Å². The molecule has 146 valence electrons. The fraction of sp³-hybridized carbons (Fsp3) is 0.278. The van der Waals surface area contributed by atoms with E-state index in [9.17, 15) is 13.2 Å². The topological polar surface area (TPSA) is 92.3 Å². The van der Waals surface area contributed by atoms with Crippen LogP contribution in [0.15, 0.2) is 46.7 Å². The summed E-state index contributed by atoms with van der Waals surface area (Å²) >= 11 is 2.85. The van der Waals surface area contributed by atoms with Crippen molar-refractivity contribution in [3.63, 3.8) is 0 Å². The predicted octanol–water partition coefficient (Wildman–Crippen LogP) is 3.69. The van der Waals surface area contributed by atoms with Crippen LogP contribution in [0.5, 0.6) is 0 Å². The van der Waals surface area contributed by atoms with Gasteiger partial charge in [0, 0.05) is 18.7 Å². The number of carbonyl (C=O) groups is 1. The number of nitrogens with one attached hydrogen (secondary N) is 1. The van der Waals surface area contributed by atoms with Crippen LogP contribution < -0.4 is 5.32 Å². The molecule has 4 rings (SSSR count). The van der Waals surface area contributed by atoms with E-state index in [4.69, 9.17) is 0 Å². The van der Waals surface area contributed by atoms with E-state index in [0.29, 0.717) is 23.8 Å². The van der Waals surface area contributed by atoms with E-state index in [1.54, 1.807) is 11.3 Å². The summed E-state index contributed by atoms with van der Waals surface area (Å²) in [4.78, 5) is 13.6. The lowest BCUT2D eigenvalue weighted by molar-refractivity contribution is 0.102. The van der Waals surface area contributed by atoms with Crippen molar-refractivity contribution in [1.82, 2.24) is 14.5 Å². The monoisotopic (exact) mass is 434 g/mol. The predicted molar refractivity (Wildman–Crippen MR) is 110 cm³/mol. The van der Waals surface area contributed by atoms with Crippen LogP contribution in [0.25, 0.3) is 9.88 Å². The summed E-state index contributed by atoms with van der Waals surface area (Å²) in [7, 11) is -3.50. The second-order valence-electron chi connectivity index (χ2n) is 6.33. The first kappa shape index (κ1) is 19.2. The lowest BCUT2D eigenvalue weighted by Crippen LogP contribution is -2.35. The number of nitrogens with zero attached hydrogens (tertiary/aromatic N) is 3. The minimum absolute atomic E-state index is 0.210. The summed E-state index contributed by atoms with van der Waals surface area (Å²) in [5, 5.41) is 13.9. The van der Waals surface area contributed by atoms with Crippen LogP contribution in [-0.2, 0) is 10.0 Å². The van der Waals surface area contributed by atoms with Crippen molar-refractivity contribution in [2.45, 2.75) is 24.2 Å². The minimum atomic E-state index is -3.50. The van der Waals surface area contributed by atoms with Gasteiger partial charge in [0.25, 0.3) is 5.91 Å². The number of carbonyl (C=O) groups excluding carboxylic acids is 1. The molecule has 1 aromatic carbocycles. The summed E-state index contributed by atoms with van der Waals surface area (Å²) in [5.41, 5.74) is 0.366. The standard InChI is InChI=1S/C18H18N4O3S3/c23-16(19-18-21-20-17(27-18)15-5-4-12-26-15)13-6-8-14(9-7-13)28(24,25)22-10-2-1-3-11-22/h4-9,12H,1-3,10-11H2,(H,19,21,23). The van der Waals surface area contributed by atoms with Crippen molar-refractivity contribution < 1.29 is 13.2 Å². The van der Waals surface area contributed by atoms with E-state index in [2.05, 4.69) is 15.5 Å². The summed E-state index contributed by atoms with van der Waals surface area (Å²) in [6.45, 7) is 1.10. The highest BCUT2D eigenvalue weighted by Gasteiger charge is 2.26. The lowest BCUT2D eigenvalue weighted by atomic mass is 10.2. The van der Waals surface area contributed by atoms with E-state index in [1.807, 2.05) is 17.5 Å². The second-order valence-corrected chi connectivity index (χ2v) is 10.2. The molecule has 0 aliphatic carbocycles. The number of benzene rings is 1. The van der Waals surface area contributed by atoms with Crippen LogP contribution >= 0.6 is 22.7 Å². The zero-order valence-corrected chi connectivity index (χ0v) is 17.3. The van der Waals surface area contributed by atoms with Gasteiger partial charge in [0.05, 0.1) is 9.77 Å². The van der Waals surface area contributed by atoms with Crippen LogP contribution in [0, 0.1) is 0 Å². The lowest BCUT2D eigenvalue weighted by Gasteiger charge is -2.25. The van der Waals surface area contributed by atoms with Gasteiger partial charge in [-0.1, -0.05) is 23.8 Å². The Labute approximate surface area is 171 Å². The molecule has 2 aromatic heterocycles. The van der Waals surface area contributed by atoms with Gasteiger partial charge in [0.2, 0.25) is 15.2 Å². The van der Waals surface area contributed by atoms with Crippen LogP contribution in [0.2, 0.25) is 0 Å². The third kappa shape index (κ3) is 4.00. The summed E-state index contributed by atoms with van der Waals surface area (Å²) in [5.74, 6) is -0.351. The number of piperidine rings is 1. The Morgan fingerprint density at radius 1 is 1.04 bits per heavy atom. The van der Waals surface area contributed by atoms with Gasteiger partial charge in [0.15, 0.2) is 5.01 Å². The Kier molecular flexibility index (Phi) is 5.54. The first-order chi connectivity index (χ1) is 13.5. The first-order valence-electron chi connectivity index (χ1n) is 8.83. The fourth-order valence-corrected chi connectivity index (χ4v) is 6.02. The fourth-order valence-electron chi connectivity index (χ4n) is 2.98. The van der Waals surface area contributed by atoms with Crippen LogP contribution in [0.4, 0.5) is 5.13 Å². The number of anilines is 1. The SMILES string of the molecule is O=C(Nc1nnc(-c2cccs2)s1)c1ccc(S(=O)(=O)N2CCCCC2)cc1. The van der Waals surface area contributed by atoms with Crippen LogP contribution in [0.1, 0.15) is 29.6 Å². The number of sulfonamides is 1. The molecule has 1 fully saturated rings. The molecule has 1 N–H and O–H groups in total. The summed E-state index contributed by atoms with van der Waals surface area (Å²) in [6, 6.07) is 9.88. The Balaban J connectivity index is 1.45. The molecule has 0 atom stereocenters. The van der Waals surface area contributed by atoms with E-state index in [0.717, 1.165) is 29.1 Å². The van der Waals surface area contributed by atoms with Gasteiger partial charge in [0.1, 0.15) is 0 Å². The second kappa shape index (κ2) is 8.08. The molecule has 7 nitrogen and oxygen atoms in total. The maximum absolute atomic E-state index is 12.7. The Morgan fingerprint density at radius 2 is 1.79 bits per heavy atom. The normalized spacial score (nSPS) is 15.4. The van der Waals surface area contributed by atoms with Crippen molar-refractivity contribution >= 4 is 43.7 Å². The maximum Gasteiger partial charge on any atom is 0.257 e. The molecule has 3 heterocycles. The largest absolute Gasteiger partial charge is 0.296 e. The molecule has 0 spiro atoms. The highest BCUT2D eigenvalue weighted by Crippen LogP contribution is 2.30. The van der Waals surface area contributed by atoms with E-state index < -0.39 is 10.0 Å². The molecule has 1 aliphatic rings. The van der Waals surface area contributed by atoms with Gasteiger partial charge in [-0.05, 0) is 48.6 Å². The summed E-state index contributed by atoms with van der Waals surface area (Å²) < 4.78 is 26.9. The van der Waals surface area contributed by atoms with Gasteiger partial charge < -0.3 is 0 Å². The third-order valence-corrected chi connectivity index (χ3v) is 8.24. The first-order valence-corrected chi connectivity index (χ1v) is 12.0. The van der Waals surface area contributed by atoms with Crippen molar-refractivity contribution in [1.29, 1.82) is 0 Å². The van der Waals surface area contributed by atoms with E-state index in [1.165, 1.54) is 39.9 Å². The molecule has 1 amide bonds. The van der Waals surface area contributed by atoms with Gasteiger partial charge in [-0.25, -0.2) is 8.42 Å². The number of thiophene rings is 1. The van der Waals surface area contributed by atoms with Gasteiger partial charge in [-0.3, -0.25) is 10.1 Å². The molecule has 1 aliphatic heterocycles. The van der Waals surface area contributed by atoms with Crippen LogP contribution in [-0.4, -0.2) is 41.9 Å². The van der Waals surface area contributed by atoms with Crippen molar-refractivity contribution in [3.8, 4) is 9.88 Å². The quantitative estimate of drug-likeness (QED) is 0.661. The number of rotatable bonds is 5. The number of hydrogen-bond acceptors (Lipinski definition) is 7.